The number of rotatable bonds is 6. The molecule has 0 amide bonds. The molecule has 2 nitrogen and oxygen atoms in total. The minimum absolute atomic E-state index is 0.0155. The highest BCUT2D eigenvalue weighted by atomic mass is 15.2. The van der Waals surface area contributed by atoms with E-state index in [2.05, 4.69) is 214 Å². The highest BCUT2D eigenvalue weighted by molar-refractivity contribution is 5.88. The summed E-state index contributed by atoms with van der Waals surface area (Å²) >= 11 is 0. The van der Waals surface area contributed by atoms with Gasteiger partial charge in [-0.25, -0.2) is 0 Å². The van der Waals surface area contributed by atoms with Gasteiger partial charge in [0.25, 0.3) is 0 Å². The van der Waals surface area contributed by atoms with Gasteiger partial charge >= 0.3 is 0 Å². The molecule has 4 atom stereocenters. The van der Waals surface area contributed by atoms with E-state index in [0.717, 1.165) is 24.2 Å². The van der Waals surface area contributed by atoms with Gasteiger partial charge in [-0.05, 0) is 135 Å². The van der Waals surface area contributed by atoms with Gasteiger partial charge < -0.3 is 9.80 Å². The van der Waals surface area contributed by atoms with Crippen LogP contribution < -0.4 is 9.80 Å². The van der Waals surface area contributed by atoms with E-state index in [1.165, 1.54) is 67.2 Å². The first-order valence-electron chi connectivity index (χ1n) is 20.5. The van der Waals surface area contributed by atoms with E-state index in [-0.39, 0.29) is 10.8 Å². The second-order valence-electron chi connectivity index (χ2n) is 17.2. The molecule has 1 aliphatic heterocycles. The Morgan fingerprint density at radius 2 is 1.18 bits per heavy atom. The molecular formula is C54H50N2. The fraction of sp³-hybridized carbons (Fsp3) is 0.222. The molecule has 4 unspecified atom stereocenters. The molecule has 3 aliphatic carbocycles. The van der Waals surface area contributed by atoms with Crippen LogP contribution in [0.15, 0.2) is 175 Å². The van der Waals surface area contributed by atoms with Crippen molar-refractivity contribution in [3.05, 3.63) is 192 Å². The van der Waals surface area contributed by atoms with E-state index in [4.69, 9.17) is 0 Å². The van der Waals surface area contributed by atoms with E-state index < -0.39 is 0 Å². The fourth-order valence-electron chi connectivity index (χ4n) is 10.4. The van der Waals surface area contributed by atoms with E-state index in [9.17, 15) is 0 Å². The van der Waals surface area contributed by atoms with Crippen LogP contribution in [-0.4, -0.2) is 6.04 Å². The van der Waals surface area contributed by atoms with E-state index >= 15 is 0 Å². The van der Waals surface area contributed by atoms with Crippen LogP contribution in [0.25, 0.3) is 27.8 Å². The maximum Gasteiger partial charge on any atom is 0.0619 e. The van der Waals surface area contributed by atoms with Crippen LogP contribution in [0.2, 0.25) is 0 Å². The summed E-state index contributed by atoms with van der Waals surface area (Å²) < 4.78 is 0. The molecule has 2 heteroatoms. The van der Waals surface area contributed by atoms with Crippen LogP contribution in [0.4, 0.5) is 28.4 Å². The second-order valence-corrected chi connectivity index (χ2v) is 17.2. The predicted octanol–water partition coefficient (Wildman–Crippen LogP) is 14.5. The number of hydrogen-bond donors (Lipinski definition) is 0. The Morgan fingerprint density at radius 1 is 0.571 bits per heavy atom. The molecule has 0 N–H and O–H groups in total. The lowest BCUT2D eigenvalue weighted by Gasteiger charge is -2.42. The third-order valence-electron chi connectivity index (χ3n) is 13.7. The Kier molecular flexibility index (Phi) is 8.11. The van der Waals surface area contributed by atoms with Crippen LogP contribution in [0.1, 0.15) is 64.2 Å². The first-order chi connectivity index (χ1) is 27.2. The number of para-hydroxylation sites is 1. The van der Waals surface area contributed by atoms with Crippen molar-refractivity contribution in [1.82, 2.24) is 0 Å². The SMILES string of the molecule is CC1CC=CC2=C1c1ccc(N(c3ccc(-c4ccccc4)cc3)c3ccc(-c4ccc5c(c4)C4(C)C(C)CC=CC4N5c4ccccc4)cc3)cc1C2(C)C. The molecular weight excluding hydrogens is 677 g/mol. The summed E-state index contributed by atoms with van der Waals surface area (Å²) in [4.78, 5) is 5.00. The summed E-state index contributed by atoms with van der Waals surface area (Å²) in [5.41, 5.74) is 18.3. The molecule has 6 aromatic carbocycles. The molecule has 0 aromatic heterocycles. The molecule has 56 heavy (non-hydrogen) atoms. The number of nitrogens with zero attached hydrogens (tertiary/aromatic N) is 2. The molecule has 0 saturated heterocycles. The smallest absolute Gasteiger partial charge is 0.0619 e. The molecule has 0 fully saturated rings. The average Bonchev–Trinajstić information content (AvgIpc) is 3.64. The van der Waals surface area contributed by atoms with Crippen LogP contribution in [0.5, 0.6) is 0 Å². The normalized spacial score (nSPS) is 22.7. The third-order valence-corrected chi connectivity index (χ3v) is 13.7. The van der Waals surface area contributed by atoms with Crippen LogP contribution in [0.3, 0.4) is 0 Å². The zero-order valence-electron chi connectivity index (χ0n) is 33.2. The minimum Gasteiger partial charge on any atom is -0.333 e. The Bertz CT molecular complexity index is 2540. The highest BCUT2D eigenvalue weighted by Crippen LogP contribution is 2.56. The Hall–Kier alpha value is -5.86. The lowest BCUT2D eigenvalue weighted by Crippen LogP contribution is -2.45. The number of anilines is 5. The van der Waals surface area contributed by atoms with Crippen molar-refractivity contribution in [3.8, 4) is 22.3 Å². The lowest BCUT2D eigenvalue weighted by molar-refractivity contribution is 0.290. The van der Waals surface area contributed by atoms with Crippen LogP contribution in [-0.2, 0) is 10.8 Å². The maximum atomic E-state index is 2.57. The lowest BCUT2D eigenvalue weighted by atomic mass is 9.65. The van der Waals surface area contributed by atoms with Crippen LogP contribution >= 0.6 is 0 Å². The van der Waals surface area contributed by atoms with Gasteiger partial charge in [-0.1, -0.05) is 144 Å². The molecule has 1 heterocycles. The first-order valence-corrected chi connectivity index (χ1v) is 20.5. The van der Waals surface area contributed by atoms with Gasteiger partial charge in [0, 0.05) is 39.3 Å². The van der Waals surface area contributed by atoms with Gasteiger partial charge in [0.15, 0.2) is 0 Å². The molecule has 0 saturated carbocycles. The predicted molar refractivity (Wildman–Crippen MR) is 238 cm³/mol. The van der Waals surface area contributed by atoms with Gasteiger partial charge in [-0.3, -0.25) is 0 Å². The minimum atomic E-state index is -0.0521. The van der Waals surface area contributed by atoms with Gasteiger partial charge in [0.1, 0.15) is 0 Å². The Labute approximate surface area is 333 Å². The molecule has 0 bridgehead atoms. The van der Waals surface area contributed by atoms with E-state index in [0.29, 0.717) is 17.9 Å². The first kappa shape index (κ1) is 34.6. The monoisotopic (exact) mass is 726 g/mol. The summed E-state index contributed by atoms with van der Waals surface area (Å²) in [6.07, 6.45) is 11.8. The topological polar surface area (TPSA) is 6.48 Å². The number of fused-ring (bicyclic) bond motifs is 5. The van der Waals surface area contributed by atoms with Crippen molar-refractivity contribution in [3.63, 3.8) is 0 Å². The average molecular weight is 727 g/mol. The van der Waals surface area contributed by atoms with Crippen molar-refractivity contribution >= 4 is 34.0 Å². The zero-order valence-corrected chi connectivity index (χ0v) is 33.2. The third kappa shape index (κ3) is 5.29. The van der Waals surface area contributed by atoms with Crippen molar-refractivity contribution in [2.75, 3.05) is 9.80 Å². The number of allylic oxidation sites excluding steroid dienone is 5. The molecule has 276 valence electrons. The summed E-state index contributed by atoms with van der Waals surface area (Å²) in [6, 6.07) is 54.6. The maximum absolute atomic E-state index is 2.57. The summed E-state index contributed by atoms with van der Waals surface area (Å²) in [6.45, 7) is 12.1. The van der Waals surface area contributed by atoms with Crippen molar-refractivity contribution in [2.45, 2.75) is 64.3 Å². The molecule has 0 radical (unpaired) electrons. The van der Waals surface area contributed by atoms with E-state index in [1.54, 1.807) is 0 Å². The van der Waals surface area contributed by atoms with Gasteiger partial charge in [0.05, 0.1) is 6.04 Å². The van der Waals surface area contributed by atoms with Crippen molar-refractivity contribution in [2.24, 2.45) is 11.8 Å². The molecule has 6 aromatic rings. The van der Waals surface area contributed by atoms with Crippen LogP contribution in [0, 0.1) is 11.8 Å². The summed E-state index contributed by atoms with van der Waals surface area (Å²) in [5, 5.41) is 0. The number of benzene rings is 6. The fourth-order valence-corrected chi connectivity index (χ4v) is 10.4. The number of hydrogen-bond acceptors (Lipinski definition) is 2. The van der Waals surface area contributed by atoms with Gasteiger partial charge in [0.2, 0.25) is 0 Å². The highest BCUT2D eigenvalue weighted by Gasteiger charge is 2.51. The van der Waals surface area contributed by atoms with Crippen molar-refractivity contribution in [1.29, 1.82) is 0 Å². The summed E-state index contributed by atoms with van der Waals surface area (Å²) in [7, 11) is 0. The van der Waals surface area contributed by atoms with Crippen molar-refractivity contribution < 1.29 is 0 Å². The second kappa shape index (κ2) is 13.1. The standard InChI is InChI=1S/C54H50N2/c1-36-14-12-20-47-52(36)46-32-31-45(35-48(46)53(47,3)4)55(43-27-22-39(23-28-43)38-16-8-6-9-17-38)44-29-24-40(25-30-44)41-26-33-50-49(34-41)54(5)37(2)15-13-21-51(54)56(50)42-18-10-7-11-19-42/h6-13,16-37,51H,14-15H2,1-5H3. The quantitative estimate of drug-likeness (QED) is 0.158. The molecule has 4 aliphatic rings. The Balaban J connectivity index is 1.05. The van der Waals surface area contributed by atoms with Gasteiger partial charge in [-0.2, -0.15) is 0 Å². The Morgan fingerprint density at radius 3 is 1.88 bits per heavy atom. The largest absolute Gasteiger partial charge is 0.333 e. The molecule has 10 rings (SSSR count). The van der Waals surface area contributed by atoms with E-state index in [1.807, 2.05) is 0 Å². The summed E-state index contributed by atoms with van der Waals surface area (Å²) in [5.74, 6) is 1.06. The molecule has 0 spiro atoms. The zero-order chi connectivity index (χ0) is 38.2. The van der Waals surface area contributed by atoms with Gasteiger partial charge in [-0.15, -0.1) is 0 Å².